The van der Waals surface area contributed by atoms with E-state index in [1.165, 1.54) is 25.7 Å². The zero-order valence-corrected chi connectivity index (χ0v) is 9.57. The Morgan fingerprint density at radius 2 is 2.19 bits per heavy atom. The summed E-state index contributed by atoms with van der Waals surface area (Å²) >= 11 is 0. The van der Waals surface area contributed by atoms with E-state index in [9.17, 15) is 0 Å². The van der Waals surface area contributed by atoms with Gasteiger partial charge in [-0.05, 0) is 12.8 Å². The molecule has 1 aliphatic rings. The summed E-state index contributed by atoms with van der Waals surface area (Å²) < 4.78 is 5.05. The highest BCUT2D eigenvalue weighted by Crippen LogP contribution is 2.33. The molecule has 0 bridgehead atoms. The van der Waals surface area contributed by atoms with Crippen LogP contribution < -0.4 is 11.3 Å². The van der Waals surface area contributed by atoms with Gasteiger partial charge in [-0.15, -0.1) is 0 Å². The third-order valence-corrected chi connectivity index (χ3v) is 2.99. The molecule has 88 valence electrons. The molecule has 0 amide bonds. The van der Waals surface area contributed by atoms with Crippen molar-refractivity contribution in [3.05, 3.63) is 17.6 Å². The molecule has 5 heteroatoms. The van der Waals surface area contributed by atoms with E-state index in [2.05, 4.69) is 15.4 Å². The van der Waals surface area contributed by atoms with Crippen LogP contribution in [-0.4, -0.2) is 17.1 Å². The van der Waals surface area contributed by atoms with Gasteiger partial charge < -0.3 is 10.2 Å². The van der Waals surface area contributed by atoms with Crippen molar-refractivity contribution in [2.75, 3.05) is 12.5 Å². The summed E-state index contributed by atoms with van der Waals surface area (Å²) in [4.78, 5) is 8.76. The molecular formula is C11H18N4O. The first kappa shape index (κ1) is 11.3. The second-order valence-electron chi connectivity index (χ2n) is 4.15. The van der Waals surface area contributed by atoms with Crippen LogP contribution in [0.2, 0.25) is 0 Å². The van der Waals surface area contributed by atoms with Crippen molar-refractivity contribution in [3.8, 4) is 0 Å². The number of ether oxygens (including phenoxy) is 1. The largest absolute Gasteiger partial charge is 0.377 e. The van der Waals surface area contributed by atoms with Gasteiger partial charge in [0.15, 0.2) is 5.82 Å². The van der Waals surface area contributed by atoms with E-state index < -0.39 is 0 Å². The van der Waals surface area contributed by atoms with Gasteiger partial charge in [0.05, 0.1) is 0 Å². The highest BCUT2D eigenvalue weighted by atomic mass is 16.5. The molecule has 0 aromatic carbocycles. The molecule has 1 aliphatic carbocycles. The predicted molar refractivity (Wildman–Crippen MR) is 61.8 cm³/mol. The van der Waals surface area contributed by atoms with Gasteiger partial charge in [-0.3, -0.25) is 0 Å². The van der Waals surface area contributed by atoms with E-state index in [-0.39, 0.29) is 0 Å². The molecule has 0 atom stereocenters. The topological polar surface area (TPSA) is 73.1 Å². The van der Waals surface area contributed by atoms with Crippen LogP contribution in [-0.2, 0) is 11.3 Å². The van der Waals surface area contributed by atoms with Crippen LogP contribution in [0, 0.1) is 0 Å². The maximum absolute atomic E-state index is 5.40. The maximum Gasteiger partial charge on any atom is 0.156 e. The maximum atomic E-state index is 5.40. The quantitative estimate of drug-likeness (QED) is 0.597. The van der Waals surface area contributed by atoms with Crippen LogP contribution in [0.1, 0.15) is 43.1 Å². The zero-order chi connectivity index (χ0) is 11.4. The van der Waals surface area contributed by atoms with Crippen LogP contribution in [0.25, 0.3) is 0 Å². The third-order valence-electron chi connectivity index (χ3n) is 2.99. The van der Waals surface area contributed by atoms with Gasteiger partial charge in [0, 0.05) is 24.8 Å². The smallest absolute Gasteiger partial charge is 0.156 e. The fourth-order valence-corrected chi connectivity index (χ4v) is 2.22. The van der Waals surface area contributed by atoms with Gasteiger partial charge in [0.1, 0.15) is 12.4 Å². The predicted octanol–water partition coefficient (Wildman–Crippen LogP) is 1.57. The van der Waals surface area contributed by atoms with Crippen molar-refractivity contribution < 1.29 is 4.74 Å². The monoisotopic (exact) mass is 222 g/mol. The Kier molecular flexibility index (Phi) is 3.69. The van der Waals surface area contributed by atoms with Crippen molar-refractivity contribution in [2.24, 2.45) is 5.84 Å². The number of hydrogen-bond donors (Lipinski definition) is 2. The Morgan fingerprint density at radius 1 is 1.44 bits per heavy atom. The van der Waals surface area contributed by atoms with Gasteiger partial charge in [-0.25, -0.2) is 15.8 Å². The lowest BCUT2D eigenvalue weighted by Gasteiger charge is -2.11. The minimum absolute atomic E-state index is 0.426. The number of nitrogens with one attached hydrogen (secondary N) is 1. The Morgan fingerprint density at radius 3 is 2.81 bits per heavy atom. The summed E-state index contributed by atoms with van der Waals surface area (Å²) in [5.41, 5.74) is 3.67. The molecule has 1 aromatic heterocycles. The van der Waals surface area contributed by atoms with Crippen LogP contribution in [0.15, 0.2) is 6.07 Å². The van der Waals surface area contributed by atoms with Gasteiger partial charge in [0.25, 0.3) is 0 Å². The molecule has 0 aliphatic heterocycles. The van der Waals surface area contributed by atoms with Gasteiger partial charge in [-0.2, -0.15) is 0 Å². The lowest BCUT2D eigenvalue weighted by atomic mass is 10.0. The van der Waals surface area contributed by atoms with Crippen molar-refractivity contribution in [1.82, 2.24) is 9.97 Å². The third kappa shape index (κ3) is 2.48. The standard InChI is InChI=1S/C11H18N4O/c1-16-7-11-13-9(6-10(14-11)15-12)8-4-2-3-5-8/h6,8H,2-5,7,12H2,1H3,(H,13,14,15). The number of nitrogen functional groups attached to an aromatic ring is 1. The summed E-state index contributed by atoms with van der Waals surface area (Å²) in [5.74, 6) is 7.33. The fraction of sp³-hybridized carbons (Fsp3) is 0.636. The van der Waals surface area contributed by atoms with Gasteiger partial charge in [-0.1, -0.05) is 12.8 Å². The van der Waals surface area contributed by atoms with E-state index in [4.69, 9.17) is 10.6 Å². The number of nitrogens with two attached hydrogens (primary N) is 1. The number of nitrogens with zero attached hydrogens (tertiary/aromatic N) is 2. The van der Waals surface area contributed by atoms with Crippen molar-refractivity contribution in [1.29, 1.82) is 0 Å². The molecular weight excluding hydrogens is 204 g/mol. The molecule has 0 unspecified atom stereocenters. The summed E-state index contributed by atoms with van der Waals surface area (Å²) in [6.07, 6.45) is 5.01. The number of anilines is 1. The summed E-state index contributed by atoms with van der Waals surface area (Å²) in [7, 11) is 1.64. The highest BCUT2D eigenvalue weighted by Gasteiger charge is 2.19. The molecule has 2 rings (SSSR count). The minimum Gasteiger partial charge on any atom is -0.377 e. The fourth-order valence-electron chi connectivity index (χ4n) is 2.22. The van der Waals surface area contributed by atoms with E-state index >= 15 is 0 Å². The average molecular weight is 222 g/mol. The first-order valence-corrected chi connectivity index (χ1v) is 5.67. The van der Waals surface area contributed by atoms with Crippen molar-refractivity contribution in [3.63, 3.8) is 0 Å². The zero-order valence-electron chi connectivity index (χ0n) is 9.57. The van der Waals surface area contributed by atoms with E-state index in [1.807, 2.05) is 6.07 Å². The van der Waals surface area contributed by atoms with Crippen molar-refractivity contribution >= 4 is 5.82 Å². The number of hydrazine groups is 1. The SMILES string of the molecule is COCc1nc(NN)cc(C2CCCC2)n1. The van der Waals surface area contributed by atoms with Crippen LogP contribution in [0.5, 0.6) is 0 Å². The van der Waals surface area contributed by atoms with Crippen LogP contribution >= 0.6 is 0 Å². The molecule has 3 N–H and O–H groups in total. The van der Waals surface area contributed by atoms with Gasteiger partial charge in [0.2, 0.25) is 0 Å². The number of methoxy groups -OCH3 is 1. The Bertz CT molecular complexity index is 350. The second kappa shape index (κ2) is 5.23. The van der Waals surface area contributed by atoms with Crippen LogP contribution in [0.3, 0.4) is 0 Å². The molecule has 5 nitrogen and oxygen atoms in total. The molecule has 0 saturated heterocycles. The lowest BCUT2D eigenvalue weighted by Crippen LogP contribution is -2.13. The number of aromatic nitrogens is 2. The molecule has 0 radical (unpaired) electrons. The van der Waals surface area contributed by atoms with Crippen molar-refractivity contribution in [2.45, 2.75) is 38.2 Å². The molecule has 1 heterocycles. The molecule has 0 spiro atoms. The molecule has 1 fully saturated rings. The molecule has 1 aromatic rings. The normalized spacial score (nSPS) is 16.6. The summed E-state index contributed by atoms with van der Waals surface area (Å²) in [6.45, 7) is 0.426. The highest BCUT2D eigenvalue weighted by molar-refractivity contribution is 5.35. The van der Waals surface area contributed by atoms with Gasteiger partial charge >= 0.3 is 0 Å². The van der Waals surface area contributed by atoms with E-state index in [0.29, 0.717) is 24.2 Å². The first-order chi connectivity index (χ1) is 7.83. The minimum atomic E-state index is 0.426. The Labute approximate surface area is 95.4 Å². The Hall–Kier alpha value is -1.20. The van der Waals surface area contributed by atoms with E-state index in [0.717, 1.165) is 5.69 Å². The second-order valence-corrected chi connectivity index (χ2v) is 4.15. The average Bonchev–Trinajstić information content (AvgIpc) is 2.82. The lowest BCUT2D eigenvalue weighted by molar-refractivity contribution is 0.177. The summed E-state index contributed by atoms with van der Waals surface area (Å²) in [6, 6.07) is 1.94. The van der Waals surface area contributed by atoms with E-state index in [1.54, 1.807) is 7.11 Å². The summed E-state index contributed by atoms with van der Waals surface area (Å²) in [5, 5.41) is 0. The van der Waals surface area contributed by atoms with Crippen LogP contribution in [0.4, 0.5) is 5.82 Å². The molecule has 1 saturated carbocycles. The first-order valence-electron chi connectivity index (χ1n) is 5.67. The Balaban J connectivity index is 2.24. The number of hydrogen-bond acceptors (Lipinski definition) is 5. The molecule has 16 heavy (non-hydrogen) atoms. The number of rotatable bonds is 4.